The van der Waals surface area contributed by atoms with Crippen LogP contribution in [-0.2, 0) is 18.3 Å². The van der Waals surface area contributed by atoms with Gasteiger partial charge in [0.15, 0.2) is 0 Å². The van der Waals surface area contributed by atoms with E-state index in [1.807, 2.05) is 20.8 Å². The molecule has 0 aliphatic carbocycles. The molecule has 1 heterocycles. The maximum atomic E-state index is 11.9. The van der Waals surface area contributed by atoms with E-state index in [2.05, 4.69) is 29.6 Å². The largest absolute Gasteiger partial charge is 0.444 e. The first-order chi connectivity index (χ1) is 9.73. The number of ether oxygens (including phenoxy) is 1. The topological polar surface area (TPSA) is 68.2 Å². The summed E-state index contributed by atoms with van der Waals surface area (Å²) in [6.07, 6.45) is 3.56. The molecule has 1 aromatic heterocycles. The second-order valence-corrected chi connectivity index (χ2v) is 6.34. The van der Waals surface area contributed by atoms with Gasteiger partial charge in [0.25, 0.3) is 0 Å². The number of anilines is 1. The first-order valence-corrected chi connectivity index (χ1v) is 7.47. The average Bonchev–Trinajstić information content (AvgIpc) is 2.66. The standard InChI is InChI=1S/C15H28N4O2/c1-7-8-11(2)16-9-12-10-17-19(6)13(12)18-14(20)21-15(3,4)5/h10-11,16H,7-9H2,1-6H3,(H,18,20). The van der Waals surface area contributed by atoms with Crippen molar-refractivity contribution in [3.05, 3.63) is 11.8 Å². The molecule has 1 aromatic rings. The minimum Gasteiger partial charge on any atom is -0.444 e. The quantitative estimate of drug-likeness (QED) is 0.846. The van der Waals surface area contributed by atoms with E-state index in [-0.39, 0.29) is 0 Å². The van der Waals surface area contributed by atoms with Crippen LogP contribution in [0.3, 0.4) is 0 Å². The smallest absolute Gasteiger partial charge is 0.413 e. The number of rotatable bonds is 6. The third kappa shape index (κ3) is 6.16. The molecule has 6 heteroatoms. The summed E-state index contributed by atoms with van der Waals surface area (Å²) in [7, 11) is 1.80. The lowest BCUT2D eigenvalue weighted by molar-refractivity contribution is 0.0634. The van der Waals surface area contributed by atoms with Crippen molar-refractivity contribution in [3.8, 4) is 0 Å². The van der Waals surface area contributed by atoms with E-state index in [4.69, 9.17) is 4.74 Å². The SMILES string of the molecule is CCCC(C)NCc1cnn(C)c1NC(=O)OC(C)(C)C. The summed E-state index contributed by atoms with van der Waals surface area (Å²) in [6.45, 7) is 10.5. The molecule has 0 bridgehead atoms. The highest BCUT2D eigenvalue weighted by molar-refractivity contribution is 5.84. The number of carbonyl (C=O) groups excluding carboxylic acids is 1. The molecule has 1 atom stereocenters. The lowest BCUT2D eigenvalue weighted by Crippen LogP contribution is -2.29. The molecule has 1 amide bonds. The van der Waals surface area contributed by atoms with Gasteiger partial charge in [-0.3, -0.25) is 10.00 Å². The van der Waals surface area contributed by atoms with Gasteiger partial charge in [-0.15, -0.1) is 0 Å². The van der Waals surface area contributed by atoms with Crippen molar-refractivity contribution in [3.63, 3.8) is 0 Å². The van der Waals surface area contributed by atoms with E-state index in [0.717, 1.165) is 18.4 Å². The Morgan fingerprint density at radius 3 is 2.71 bits per heavy atom. The summed E-state index contributed by atoms with van der Waals surface area (Å²) >= 11 is 0. The first kappa shape index (κ1) is 17.5. The van der Waals surface area contributed by atoms with Crippen molar-refractivity contribution in [2.45, 2.75) is 65.6 Å². The summed E-state index contributed by atoms with van der Waals surface area (Å²) in [5.41, 5.74) is 0.433. The molecule has 0 fully saturated rings. The Morgan fingerprint density at radius 2 is 2.14 bits per heavy atom. The average molecular weight is 296 g/mol. The molecule has 0 radical (unpaired) electrons. The van der Waals surface area contributed by atoms with Crippen molar-refractivity contribution < 1.29 is 9.53 Å². The highest BCUT2D eigenvalue weighted by Crippen LogP contribution is 2.16. The summed E-state index contributed by atoms with van der Waals surface area (Å²) < 4.78 is 6.92. The normalized spacial score (nSPS) is 13.0. The van der Waals surface area contributed by atoms with Gasteiger partial charge >= 0.3 is 6.09 Å². The van der Waals surface area contributed by atoms with Crippen LogP contribution in [0.2, 0.25) is 0 Å². The monoisotopic (exact) mass is 296 g/mol. The number of nitrogens with zero attached hydrogens (tertiary/aromatic N) is 2. The van der Waals surface area contributed by atoms with Gasteiger partial charge in [0.2, 0.25) is 0 Å². The predicted molar refractivity (Wildman–Crippen MR) is 84.3 cm³/mol. The first-order valence-electron chi connectivity index (χ1n) is 7.47. The number of carbonyl (C=O) groups is 1. The van der Waals surface area contributed by atoms with Gasteiger partial charge in [-0.1, -0.05) is 13.3 Å². The highest BCUT2D eigenvalue weighted by Gasteiger charge is 2.19. The molecule has 0 aliphatic rings. The molecule has 1 rings (SSSR count). The Hall–Kier alpha value is -1.56. The number of aryl methyl sites for hydroxylation is 1. The molecule has 6 nitrogen and oxygen atoms in total. The lowest BCUT2D eigenvalue weighted by atomic mass is 10.2. The highest BCUT2D eigenvalue weighted by atomic mass is 16.6. The van der Waals surface area contributed by atoms with Crippen LogP contribution in [0.5, 0.6) is 0 Å². The van der Waals surface area contributed by atoms with Gasteiger partial charge in [0.05, 0.1) is 6.20 Å². The molecular weight excluding hydrogens is 268 g/mol. The van der Waals surface area contributed by atoms with E-state index >= 15 is 0 Å². The fourth-order valence-corrected chi connectivity index (χ4v) is 1.99. The zero-order chi connectivity index (χ0) is 16.0. The second kappa shape index (κ2) is 7.45. The lowest BCUT2D eigenvalue weighted by Gasteiger charge is -2.20. The number of nitrogens with one attached hydrogen (secondary N) is 2. The Kier molecular flexibility index (Phi) is 6.20. The van der Waals surface area contributed by atoms with E-state index in [1.165, 1.54) is 0 Å². The summed E-state index contributed by atoms with van der Waals surface area (Å²) in [4.78, 5) is 11.9. The van der Waals surface area contributed by atoms with Gasteiger partial charge in [-0.25, -0.2) is 4.79 Å². The zero-order valence-electron chi connectivity index (χ0n) is 14.0. The molecule has 21 heavy (non-hydrogen) atoms. The maximum Gasteiger partial charge on any atom is 0.413 e. The van der Waals surface area contributed by atoms with Gasteiger partial charge in [-0.05, 0) is 34.1 Å². The minimum atomic E-state index is -0.517. The molecule has 1 unspecified atom stereocenters. The Bertz CT molecular complexity index is 463. The summed E-state index contributed by atoms with van der Waals surface area (Å²) in [6, 6.07) is 0.435. The number of aromatic nitrogens is 2. The molecule has 120 valence electrons. The number of hydrogen-bond donors (Lipinski definition) is 2. The van der Waals surface area contributed by atoms with E-state index < -0.39 is 11.7 Å². The van der Waals surface area contributed by atoms with Crippen LogP contribution in [0.4, 0.5) is 10.6 Å². The van der Waals surface area contributed by atoms with Crippen LogP contribution in [0.15, 0.2) is 6.20 Å². The van der Waals surface area contributed by atoms with Crippen LogP contribution in [0.25, 0.3) is 0 Å². The fourth-order valence-electron chi connectivity index (χ4n) is 1.99. The van der Waals surface area contributed by atoms with Gasteiger partial charge in [0.1, 0.15) is 11.4 Å². The molecule has 0 saturated heterocycles. The van der Waals surface area contributed by atoms with Crippen molar-refractivity contribution >= 4 is 11.9 Å². The van der Waals surface area contributed by atoms with E-state index in [1.54, 1.807) is 17.9 Å². The van der Waals surface area contributed by atoms with Gasteiger partial charge in [-0.2, -0.15) is 5.10 Å². The third-order valence-corrected chi connectivity index (χ3v) is 3.00. The van der Waals surface area contributed by atoms with Crippen molar-refractivity contribution in [2.24, 2.45) is 7.05 Å². The van der Waals surface area contributed by atoms with Crippen LogP contribution in [0, 0.1) is 0 Å². The van der Waals surface area contributed by atoms with Crippen LogP contribution < -0.4 is 10.6 Å². The van der Waals surface area contributed by atoms with Crippen molar-refractivity contribution in [2.75, 3.05) is 5.32 Å². The molecule has 0 spiro atoms. The van der Waals surface area contributed by atoms with Crippen molar-refractivity contribution in [1.82, 2.24) is 15.1 Å². The van der Waals surface area contributed by atoms with E-state index in [0.29, 0.717) is 18.4 Å². The predicted octanol–water partition coefficient (Wildman–Crippen LogP) is 3.05. The maximum absolute atomic E-state index is 11.9. The Balaban J connectivity index is 2.66. The second-order valence-electron chi connectivity index (χ2n) is 6.34. The Labute approximate surface area is 127 Å². The molecule has 0 saturated carbocycles. The third-order valence-electron chi connectivity index (χ3n) is 3.00. The number of amides is 1. The van der Waals surface area contributed by atoms with Crippen LogP contribution in [-0.4, -0.2) is 27.5 Å². The summed E-state index contributed by atoms with van der Waals surface area (Å²) in [5.74, 6) is 0.667. The van der Waals surface area contributed by atoms with E-state index in [9.17, 15) is 4.79 Å². The Morgan fingerprint density at radius 1 is 1.48 bits per heavy atom. The zero-order valence-corrected chi connectivity index (χ0v) is 14.0. The molecule has 0 aromatic carbocycles. The molecule has 0 aliphatic heterocycles. The molecular formula is C15H28N4O2. The van der Waals surface area contributed by atoms with Gasteiger partial charge < -0.3 is 10.1 Å². The van der Waals surface area contributed by atoms with Crippen LogP contribution >= 0.6 is 0 Å². The van der Waals surface area contributed by atoms with Crippen molar-refractivity contribution in [1.29, 1.82) is 0 Å². The molecule has 2 N–H and O–H groups in total. The number of hydrogen-bond acceptors (Lipinski definition) is 4. The minimum absolute atomic E-state index is 0.435. The fraction of sp³-hybridized carbons (Fsp3) is 0.733. The summed E-state index contributed by atoms with van der Waals surface area (Å²) in [5, 5.41) is 10.4. The van der Waals surface area contributed by atoms with Crippen LogP contribution in [0.1, 0.15) is 53.0 Å². The van der Waals surface area contributed by atoms with Gasteiger partial charge in [0, 0.05) is 25.2 Å².